The second-order valence-corrected chi connectivity index (χ2v) is 5.97. The van der Waals surface area contributed by atoms with Crippen LogP contribution < -0.4 is 11.1 Å². The number of likely N-dealkylation sites (N-methyl/N-ethyl adjacent to an activating group) is 1. The lowest BCUT2D eigenvalue weighted by Gasteiger charge is -2.46. The molecule has 0 spiro atoms. The molecule has 1 aliphatic rings. The van der Waals surface area contributed by atoms with Gasteiger partial charge in [0.05, 0.1) is 13.2 Å². The molecule has 0 radical (unpaired) electrons. The maximum Gasteiger partial charge on any atom is 0.234 e. The van der Waals surface area contributed by atoms with Crippen molar-refractivity contribution in [2.45, 2.75) is 45.1 Å². The van der Waals surface area contributed by atoms with Gasteiger partial charge in [-0.15, -0.1) is 0 Å². The van der Waals surface area contributed by atoms with E-state index >= 15 is 0 Å². The van der Waals surface area contributed by atoms with Crippen molar-refractivity contribution in [3.63, 3.8) is 0 Å². The van der Waals surface area contributed by atoms with Gasteiger partial charge in [0.15, 0.2) is 0 Å². The highest BCUT2D eigenvalue weighted by Gasteiger charge is 2.38. The highest BCUT2D eigenvalue weighted by molar-refractivity contribution is 5.78. The summed E-state index contributed by atoms with van der Waals surface area (Å²) >= 11 is 0. The van der Waals surface area contributed by atoms with Crippen LogP contribution in [-0.4, -0.2) is 56.2 Å². The zero-order valence-electron chi connectivity index (χ0n) is 13.3. The number of amides is 1. The molecule has 0 aromatic heterocycles. The first-order chi connectivity index (χ1) is 9.57. The molecule has 1 amide bonds. The number of ether oxygens (including phenoxy) is 1. The van der Waals surface area contributed by atoms with Crippen molar-refractivity contribution in [2.24, 2.45) is 11.7 Å². The highest BCUT2D eigenvalue weighted by atomic mass is 16.5. The molecular formula is C15H31N3O2. The fraction of sp³-hybridized carbons (Fsp3) is 0.933. The summed E-state index contributed by atoms with van der Waals surface area (Å²) in [7, 11) is 1.64. The molecule has 0 aromatic rings. The van der Waals surface area contributed by atoms with Crippen molar-refractivity contribution >= 4 is 5.91 Å². The number of nitrogens with one attached hydrogen (secondary N) is 1. The number of nitrogens with zero attached hydrogens (tertiary/aromatic N) is 1. The van der Waals surface area contributed by atoms with Crippen molar-refractivity contribution in [2.75, 3.05) is 39.9 Å². The first kappa shape index (κ1) is 17.4. The van der Waals surface area contributed by atoms with E-state index in [1.165, 1.54) is 12.8 Å². The van der Waals surface area contributed by atoms with Gasteiger partial charge in [0.1, 0.15) is 0 Å². The van der Waals surface area contributed by atoms with Gasteiger partial charge in [-0.3, -0.25) is 9.69 Å². The Kier molecular flexibility index (Phi) is 7.48. The summed E-state index contributed by atoms with van der Waals surface area (Å²) in [6.07, 6.45) is 4.62. The molecule has 0 heterocycles. The quantitative estimate of drug-likeness (QED) is 0.652. The van der Waals surface area contributed by atoms with Crippen LogP contribution in [0.2, 0.25) is 0 Å². The summed E-state index contributed by atoms with van der Waals surface area (Å²) in [5, 5.41) is 2.89. The Morgan fingerprint density at radius 1 is 1.45 bits per heavy atom. The van der Waals surface area contributed by atoms with Crippen LogP contribution in [0.4, 0.5) is 0 Å². The zero-order valence-corrected chi connectivity index (χ0v) is 13.3. The lowest BCUT2D eigenvalue weighted by Crippen LogP contribution is -2.58. The Bertz CT molecular complexity index is 289. The summed E-state index contributed by atoms with van der Waals surface area (Å²) < 4.78 is 4.94. The fourth-order valence-electron chi connectivity index (χ4n) is 3.09. The summed E-state index contributed by atoms with van der Waals surface area (Å²) in [6.45, 7) is 7.47. The van der Waals surface area contributed by atoms with Crippen LogP contribution in [0.15, 0.2) is 0 Å². The van der Waals surface area contributed by atoms with Crippen LogP contribution >= 0.6 is 0 Å². The number of hydrogen-bond acceptors (Lipinski definition) is 4. The van der Waals surface area contributed by atoms with Gasteiger partial charge in [-0.1, -0.05) is 13.8 Å². The van der Waals surface area contributed by atoms with Gasteiger partial charge in [0, 0.05) is 25.7 Å². The molecule has 20 heavy (non-hydrogen) atoms. The van der Waals surface area contributed by atoms with E-state index in [-0.39, 0.29) is 11.4 Å². The van der Waals surface area contributed by atoms with Crippen molar-refractivity contribution < 1.29 is 9.53 Å². The average Bonchev–Trinajstić information content (AvgIpc) is 2.46. The SMILES string of the molecule is CCN(CC(=O)NCCOC)C1(CN)CCC(C)CC1. The Morgan fingerprint density at radius 3 is 2.60 bits per heavy atom. The normalized spacial score (nSPS) is 26.8. The average molecular weight is 285 g/mol. The van der Waals surface area contributed by atoms with Gasteiger partial charge >= 0.3 is 0 Å². The van der Waals surface area contributed by atoms with Crippen LogP contribution in [-0.2, 0) is 9.53 Å². The monoisotopic (exact) mass is 285 g/mol. The third-order valence-corrected chi connectivity index (χ3v) is 4.60. The van der Waals surface area contributed by atoms with E-state index in [4.69, 9.17) is 10.5 Å². The molecule has 0 atom stereocenters. The maximum absolute atomic E-state index is 12.0. The first-order valence-electron chi connectivity index (χ1n) is 7.78. The molecule has 0 unspecified atom stereocenters. The minimum absolute atomic E-state index is 0.0137. The van der Waals surface area contributed by atoms with Crippen molar-refractivity contribution in [1.82, 2.24) is 10.2 Å². The summed E-state index contributed by atoms with van der Waals surface area (Å²) in [5.41, 5.74) is 6.08. The number of methoxy groups -OCH3 is 1. The molecule has 1 rings (SSSR count). The molecular weight excluding hydrogens is 254 g/mol. The molecule has 3 N–H and O–H groups in total. The third kappa shape index (κ3) is 4.72. The Morgan fingerprint density at radius 2 is 2.10 bits per heavy atom. The minimum Gasteiger partial charge on any atom is -0.383 e. The number of nitrogens with two attached hydrogens (primary N) is 1. The maximum atomic E-state index is 12.0. The predicted molar refractivity (Wildman–Crippen MR) is 81.6 cm³/mol. The Hall–Kier alpha value is -0.650. The molecule has 1 saturated carbocycles. The van der Waals surface area contributed by atoms with Gasteiger partial charge in [-0.05, 0) is 38.1 Å². The van der Waals surface area contributed by atoms with Gasteiger partial charge in [0.25, 0.3) is 0 Å². The van der Waals surface area contributed by atoms with E-state index in [9.17, 15) is 4.79 Å². The number of hydrogen-bond donors (Lipinski definition) is 2. The fourth-order valence-corrected chi connectivity index (χ4v) is 3.09. The largest absolute Gasteiger partial charge is 0.383 e. The van der Waals surface area contributed by atoms with Crippen LogP contribution in [0.3, 0.4) is 0 Å². The third-order valence-electron chi connectivity index (χ3n) is 4.60. The Labute approximate surface area is 123 Å². The lowest BCUT2D eigenvalue weighted by atomic mass is 9.76. The number of rotatable bonds is 8. The number of carbonyl (C=O) groups is 1. The zero-order chi connectivity index (χ0) is 15.0. The van der Waals surface area contributed by atoms with E-state index in [1.54, 1.807) is 7.11 Å². The van der Waals surface area contributed by atoms with E-state index in [0.29, 0.717) is 26.2 Å². The van der Waals surface area contributed by atoms with Gasteiger partial charge in [-0.2, -0.15) is 0 Å². The van der Waals surface area contributed by atoms with Gasteiger partial charge < -0.3 is 15.8 Å². The molecule has 5 nitrogen and oxygen atoms in total. The van der Waals surface area contributed by atoms with Gasteiger partial charge in [-0.25, -0.2) is 0 Å². The van der Waals surface area contributed by atoms with Crippen molar-refractivity contribution in [1.29, 1.82) is 0 Å². The molecule has 0 saturated heterocycles. The van der Waals surface area contributed by atoms with E-state index in [0.717, 1.165) is 25.3 Å². The topological polar surface area (TPSA) is 67.6 Å². The van der Waals surface area contributed by atoms with E-state index in [1.807, 2.05) is 0 Å². The van der Waals surface area contributed by atoms with Crippen LogP contribution in [0.25, 0.3) is 0 Å². The smallest absolute Gasteiger partial charge is 0.234 e. The van der Waals surface area contributed by atoms with Crippen LogP contribution in [0.1, 0.15) is 39.5 Å². The number of carbonyl (C=O) groups excluding carboxylic acids is 1. The first-order valence-corrected chi connectivity index (χ1v) is 7.78. The van der Waals surface area contributed by atoms with Crippen molar-refractivity contribution in [3.8, 4) is 0 Å². The second kappa shape index (κ2) is 8.60. The molecule has 5 heteroatoms. The lowest BCUT2D eigenvalue weighted by molar-refractivity contribution is -0.124. The summed E-state index contributed by atoms with van der Waals surface area (Å²) in [4.78, 5) is 14.3. The molecule has 1 aliphatic carbocycles. The van der Waals surface area contributed by atoms with Crippen LogP contribution in [0, 0.1) is 5.92 Å². The van der Waals surface area contributed by atoms with Crippen molar-refractivity contribution in [3.05, 3.63) is 0 Å². The molecule has 0 aliphatic heterocycles. The molecule has 1 fully saturated rings. The Balaban J connectivity index is 2.56. The standard InChI is InChI=1S/C15H31N3O2/c1-4-18(11-14(19)17-9-10-20-3)15(12-16)7-5-13(2)6-8-15/h13H,4-12,16H2,1-3H3,(H,17,19). The van der Waals surface area contributed by atoms with Gasteiger partial charge in [0.2, 0.25) is 5.91 Å². The minimum atomic E-state index is 0.0137. The van der Waals surface area contributed by atoms with Crippen LogP contribution in [0.5, 0.6) is 0 Å². The van der Waals surface area contributed by atoms with E-state index < -0.39 is 0 Å². The molecule has 0 bridgehead atoms. The molecule has 118 valence electrons. The predicted octanol–water partition coefficient (Wildman–Crippen LogP) is 0.979. The molecule has 0 aromatic carbocycles. The second-order valence-electron chi connectivity index (χ2n) is 5.97. The summed E-state index contributed by atoms with van der Waals surface area (Å²) in [5.74, 6) is 0.847. The van der Waals surface area contributed by atoms with E-state index in [2.05, 4.69) is 24.1 Å². The highest BCUT2D eigenvalue weighted by Crippen LogP contribution is 2.35. The summed E-state index contributed by atoms with van der Waals surface area (Å²) in [6, 6.07) is 0.